The van der Waals surface area contributed by atoms with Gasteiger partial charge < -0.3 is 15.3 Å². The number of carbonyl (C=O) groups is 1. The van der Waals surface area contributed by atoms with Crippen LogP contribution in [0.4, 0.5) is 11.4 Å². The number of nitriles is 1. The van der Waals surface area contributed by atoms with Gasteiger partial charge in [0.25, 0.3) is 5.91 Å². The first-order valence-corrected chi connectivity index (χ1v) is 8.56. The molecule has 0 aromatic heterocycles. The van der Waals surface area contributed by atoms with Crippen molar-refractivity contribution in [3.8, 4) is 11.8 Å². The molecule has 2 aromatic rings. The third-order valence-electron chi connectivity index (χ3n) is 4.18. The topological polar surface area (TPSA) is 76.4 Å². The number of amides is 1. The van der Waals surface area contributed by atoms with Crippen LogP contribution in [-0.4, -0.2) is 18.1 Å². The van der Waals surface area contributed by atoms with E-state index in [2.05, 4.69) is 5.32 Å². The van der Waals surface area contributed by atoms with Crippen LogP contribution in [0.25, 0.3) is 0 Å². The van der Waals surface area contributed by atoms with Crippen LogP contribution < -0.4 is 10.2 Å². The Morgan fingerprint density at radius 1 is 1.15 bits per heavy atom. The van der Waals surface area contributed by atoms with Crippen LogP contribution in [0.1, 0.15) is 25.0 Å². The van der Waals surface area contributed by atoms with Gasteiger partial charge in [-0.25, -0.2) is 0 Å². The molecule has 134 valence electrons. The highest BCUT2D eigenvalue weighted by Crippen LogP contribution is 2.23. The first kappa shape index (κ1) is 19.1. The summed E-state index contributed by atoms with van der Waals surface area (Å²) in [6, 6.07) is 14.4. The van der Waals surface area contributed by atoms with Crippen molar-refractivity contribution in [2.45, 2.75) is 26.7 Å². The van der Waals surface area contributed by atoms with Crippen molar-refractivity contribution in [2.75, 3.05) is 17.3 Å². The predicted octanol–water partition coefficient (Wildman–Crippen LogP) is 4.00. The molecular weight excluding hydrogens is 326 g/mol. The number of anilines is 2. The summed E-state index contributed by atoms with van der Waals surface area (Å²) in [4.78, 5) is 14.3. The first-order chi connectivity index (χ1) is 12.5. The smallest absolute Gasteiger partial charge is 0.267 e. The first-order valence-electron chi connectivity index (χ1n) is 8.56. The van der Waals surface area contributed by atoms with Crippen LogP contribution >= 0.6 is 0 Å². The summed E-state index contributed by atoms with van der Waals surface area (Å²) in [5.41, 5.74) is 3.64. The van der Waals surface area contributed by atoms with Crippen molar-refractivity contribution in [1.29, 1.82) is 5.26 Å². The average molecular weight is 349 g/mol. The van der Waals surface area contributed by atoms with E-state index in [1.807, 2.05) is 38.1 Å². The van der Waals surface area contributed by atoms with Crippen molar-refractivity contribution in [2.24, 2.45) is 0 Å². The van der Waals surface area contributed by atoms with Gasteiger partial charge in [0.05, 0.1) is 0 Å². The van der Waals surface area contributed by atoms with E-state index in [1.165, 1.54) is 6.20 Å². The van der Waals surface area contributed by atoms with E-state index in [4.69, 9.17) is 0 Å². The third-order valence-corrected chi connectivity index (χ3v) is 4.18. The van der Waals surface area contributed by atoms with Crippen LogP contribution in [0.2, 0.25) is 0 Å². The summed E-state index contributed by atoms with van der Waals surface area (Å²) in [5.74, 6) is -0.277. The highest BCUT2D eigenvalue weighted by molar-refractivity contribution is 6.07. The number of hydrogen-bond donors (Lipinski definition) is 2. The molecule has 0 aliphatic rings. The Kier molecular flexibility index (Phi) is 6.40. The van der Waals surface area contributed by atoms with Crippen molar-refractivity contribution >= 4 is 17.3 Å². The summed E-state index contributed by atoms with van der Waals surface area (Å²) in [5, 5.41) is 21.7. The Balaban J connectivity index is 2.27. The standard InChI is InChI=1S/C21H23N3O2/c1-4-15-7-6-8-16(5-2)20(15)23-21(26)17(13-22)14-24(3)18-9-11-19(25)12-10-18/h6-12,14,25H,4-5H2,1-3H3,(H,23,26)/b17-14-. The molecule has 0 aliphatic carbocycles. The van der Waals surface area contributed by atoms with Gasteiger partial charge in [-0.2, -0.15) is 5.26 Å². The zero-order valence-corrected chi connectivity index (χ0v) is 15.3. The number of phenolic OH excluding ortho intramolecular Hbond substituents is 1. The van der Waals surface area contributed by atoms with Gasteiger partial charge in [0.2, 0.25) is 0 Å². The fourth-order valence-corrected chi connectivity index (χ4v) is 2.68. The normalized spacial score (nSPS) is 10.9. The van der Waals surface area contributed by atoms with E-state index >= 15 is 0 Å². The number of aryl methyl sites for hydroxylation is 2. The van der Waals surface area contributed by atoms with E-state index in [0.717, 1.165) is 35.3 Å². The largest absolute Gasteiger partial charge is 0.508 e. The van der Waals surface area contributed by atoms with E-state index in [9.17, 15) is 15.2 Å². The molecule has 26 heavy (non-hydrogen) atoms. The molecule has 0 unspecified atom stereocenters. The summed E-state index contributed by atoms with van der Waals surface area (Å²) in [6.07, 6.45) is 3.08. The van der Waals surface area contributed by atoms with Crippen LogP contribution in [0.5, 0.6) is 5.75 Å². The van der Waals surface area contributed by atoms with E-state index in [0.29, 0.717) is 0 Å². The Labute approximate surface area is 154 Å². The molecular formula is C21H23N3O2. The maximum absolute atomic E-state index is 12.6. The molecule has 5 nitrogen and oxygen atoms in total. The lowest BCUT2D eigenvalue weighted by Gasteiger charge is -2.16. The molecule has 0 atom stereocenters. The van der Waals surface area contributed by atoms with E-state index < -0.39 is 5.91 Å². The zero-order valence-electron chi connectivity index (χ0n) is 15.3. The van der Waals surface area contributed by atoms with Crippen LogP contribution in [0.15, 0.2) is 54.2 Å². The zero-order chi connectivity index (χ0) is 19.1. The van der Waals surface area contributed by atoms with Gasteiger partial charge in [0.15, 0.2) is 0 Å². The Hall–Kier alpha value is -3.26. The number of hydrogen-bond acceptors (Lipinski definition) is 4. The number of rotatable bonds is 6. The number of nitrogens with zero attached hydrogens (tertiary/aromatic N) is 2. The van der Waals surface area contributed by atoms with E-state index in [1.54, 1.807) is 36.2 Å². The SMILES string of the molecule is CCc1cccc(CC)c1NC(=O)/C(C#N)=C\N(C)c1ccc(O)cc1. The minimum Gasteiger partial charge on any atom is -0.508 e. The summed E-state index contributed by atoms with van der Waals surface area (Å²) >= 11 is 0. The Morgan fingerprint density at radius 3 is 2.23 bits per heavy atom. The van der Waals surface area contributed by atoms with Gasteiger partial charge in [-0.3, -0.25) is 4.79 Å². The molecule has 0 bridgehead atoms. The van der Waals surface area contributed by atoms with Crippen molar-refractivity contribution in [3.63, 3.8) is 0 Å². The van der Waals surface area contributed by atoms with Crippen LogP contribution in [0.3, 0.4) is 0 Å². The molecule has 2 N–H and O–H groups in total. The monoisotopic (exact) mass is 349 g/mol. The fourth-order valence-electron chi connectivity index (χ4n) is 2.68. The number of aromatic hydroxyl groups is 1. The highest BCUT2D eigenvalue weighted by atomic mass is 16.3. The molecule has 0 heterocycles. The number of benzene rings is 2. The van der Waals surface area contributed by atoms with Gasteiger partial charge in [-0.15, -0.1) is 0 Å². The van der Waals surface area contributed by atoms with Gasteiger partial charge in [0, 0.05) is 24.6 Å². The second kappa shape index (κ2) is 8.72. The Morgan fingerprint density at radius 2 is 1.73 bits per heavy atom. The molecule has 0 fully saturated rings. The lowest BCUT2D eigenvalue weighted by molar-refractivity contribution is -0.112. The number of nitrogens with one attached hydrogen (secondary N) is 1. The lowest BCUT2D eigenvalue weighted by Crippen LogP contribution is -2.19. The molecule has 0 spiro atoms. The summed E-state index contributed by atoms with van der Waals surface area (Å²) < 4.78 is 0. The van der Waals surface area contributed by atoms with Crippen molar-refractivity contribution in [1.82, 2.24) is 0 Å². The quantitative estimate of drug-likeness (QED) is 0.610. The third kappa shape index (κ3) is 4.42. The number of para-hydroxylation sites is 1. The maximum atomic E-state index is 12.6. The Bertz CT molecular complexity index is 826. The van der Waals surface area contributed by atoms with Crippen molar-refractivity contribution < 1.29 is 9.90 Å². The molecule has 0 saturated heterocycles. The van der Waals surface area contributed by atoms with Crippen molar-refractivity contribution in [3.05, 3.63) is 65.4 Å². The molecule has 1 amide bonds. The van der Waals surface area contributed by atoms with Crippen LogP contribution in [-0.2, 0) is 17.6 Å². The number of phenols is 1. The second-order valence-electron chi connectivity index (χ2n) is 5.89. The summed E-state index contributed by atoms with van der Waals surface area (Å²) in [6.45, 7) is 4.06. The van der Waals surface area contributed by atoms with Crippen LogP contribution in [0, 0.1) is 11.3 Å². The molecule has 0 radical (unpaired) electrons. The highest BCUT2D eigenvalue weighted by Gasteiger charge is 2.15. The maximum Gasteiger partial charge on any atom is 0.267 e. The molecule has 5 heteroatoms. The minimum atomic E-state index is -0.436. The predicted molar refractivity (Wildman–Crippen MR) is 104 cm³/mol. The summed E-state index contributed by atoms with van der Waals surface area (Å²) in [7, 11) is 1.74. The molecule has 2 aromatic carbocycles. The van der Waals surface area contributed by atoms with E-state index in [-0.39, 0.29) is 11.3 Å². The van der Waals surface area contributed by atoms with Gasteiger partial charge in [-0.05, 0) is 48.2 Å². The molecule has 2 rings (SSSR count). The minimum absolute atomic E-state index is 0.00790. The lowest BCUT2D eigenvalue weighted by atomic mass is 10.0. The number of carbonyl (C=O) groups excluding carboxylic acids is 1. The molecule has 0 saturated carbocycles. The fraction of sp³-hybridized carbons (Fsp3) is 0.238. The van der Waals surface area contributed by atoms with Gasteiger partial charge >= 0.3 is 0 Å². The van der Waals surface area contributed by atoms with Gasteiger partial charge in [-0.1, -0.05) is 32.0 Å². The molecule has 0 aliphatic heterocycles. The second-order valence-corrected chi connectivity index (χ2v) is 5.89. The average Bonchev–Trinajstić information content (AvgIpc) is 2.66. The van der Waals surface area contributed by atoms with Gasteiger partial charge in [0.1, 0.15) is 17.4 Å².